The van der Waals surface area contributed by atoms with Gasteiger partial charge in [0.25, 0.3) is 0 Å². The highest BCUT2D eigenvalue weighted by molar-refractivity contribution is 7.20. The summed E-state index contributed by atoms with van der Waals surface area (Å²) in [4.78, 5) is 6.80. The molecule has 8 aromatic rings. The number of nitrogens with one attached hydrogen (secondary N) is 1. The van der Waals surface area contributed by atoms with Gasteiger partial charge in [-0.25, -0.2) is 0 Å². The lowest BCUT2D eigenvalue weighted by Crippen LogP contribution is -2.22. The number of aliphatic imine (C=N–C) groups is 1. The second kappa shape index (κ2) is 11.1. The SMILES string of the molecule is CC1(C)c2cc(C3=NC(c4cccc(-c5ccccc5)c4)c4sc5ccccc5c4N3)ccc2-c2c(-c3ccccc3)cc3ccccc3c21. The van der Waals surface area contributed by atoms with Crippen LogP contribution in [-0.4, -0.2) is 5.84 Å². The molecule has 7 aromatic carbocycles. The minimum Gasteiger partial charge on any atom is -0.339 e. The van der Waals surface area contributed by atoms with Crippen LogP contribution in [0.4, 0.5) is 5.69 Å². The molecule has 0 saturated heterocycles. The van der Waals surface area contributed by atoms with Gasteiger partial charge in [-0.1, -0.05) is 147 Å². The largest absolute Gasteiger partial charge is 0.339 e. The van der Waals surface area contributed by atoms with Gasteiger partial charge in [0, 0.05) is 21.1 Å². The highest BCUT2D eigenvalue weighted by Crippen LogP contribution is 2.55. The molecule has 2 nitrogen and oxygen atoms in total. The van der Waals surface area contributed by atoms with E-state index >= 15 is 0 Å². The van der Waals surface area contributed by atoms with Crippen LogP contribution in [0.2, 0.25) is 0 Å². The van der Waals surface area contributed by atoms with Crippen LogP contribution in [0.15, 0.2) is 163 Å². The molecule has 1 unspecified atom stereocenters. The second-order valence-electron chi connectivity index (χ2n) is 14.0. The Morgan fingerprint density at radius 1 is 0.580 bits per heavy atom. The number of amidine groups is 1. The third kappa shape index (κ3) is 4.43. The lowest BCUT2D eigenvalue weighted by atomic mass is 9.79. The third-order valence-corrected chi connectivity index (χ3v) is 11.9. The average molecular weight is 659 g/mol. The Hall–Kier alpha value is -5.77. The van der Waals surface area contributed by atoms with Gasteiger partial charge in [0.05, 0.1) is 10.6 Å². The molecule has 238 valence electrons. The summed E-state index contributed by atoms with van der Waals surface area (Å²) in [6.07, 6.45) is 0. The summed E-state index contributed by atoms with van der Waals surface area (Å²) < 4.78 is 1.27. The predicted molar refractivity (Wildman–Crippen MR) is 213 cm³/mol. The molecule has 50 heavy (non-hydrogen) atoms. The number of anilines is 1. The Labute approximate surface area is 296 Å². The minimum absolute atomic E-state index is 0.116. The Balaban J connectivity index is 1.15. The highest BCUT2D eigenvalue weighted by Gasteiger charge is 2.39. The lowest BCUT2D eigenvalue weighted by molar-refractivity contribution is 0.666. The van der Waals surface area contributed by atoms with E-state index < -0.39 is 0 Å². The van der Waals surface area contributed by atoms with E-state index in [1.165, 1.54) is 81.5 Å². The maximum Gasteiger partial charge on any atom is 0.133 e. The molecule has 1 aliphatic heterocycles. The zero-order valence-electron chi connectivity index (χ0n) is 27.9. The van der Waals surface area contributed by atoms with Gasteiger partial charge >= 0.3 is 0 Å². The number of benzene rings is 7. The normalized spacial score (nSPS) is 15.6. The van der Waals surface area contributed by atoms with Crippen LogP contribution in [-0.2, 0) is 5.41 Å². The van der Waals surface area contributed by atoms with Crippen molar-refractivity contribution < 1.29 is 0 Å². The van der Waals surface area contributed by atoms with E-state index in [1.54, 1.807) is 0 Å². The maximum absolute atomic E-state index is 5.55. The summed E-state index contributed by atoms with van der Waals surface area (Å²) in [5, 5.41) is 7.70. The van der Waals surface area contributed by atoms with Gasteiger partial charge in [0.15, 0.2) is 0 Å². The van der Waals surface area contributed by atoms with Gasteiger partial charge in [0.2, 0.25) is 0 Å². The lowest BCUT2D eigenvalue weighted by Gasteiger charge is -2.26. The monoisotopic (exact) mass is 658 g/mol. The first-order valence-electron chi connectivity index (χ1n) is 17.3. The zero-order valence-corrected chi connectivity index (χ0v) is 28.8. The summed E-state index contributed by atoms with van der Waals surface area (Å²) >= 11 is 1.84. The van der Waals surface area contributed by atoms with Gasteiger partial charge in [-0.05, 0) is 85.1 Å². The van der Waals surface area contributed by atoms with Crippen LogP contribution < -0.4 is 5.32 Å². The van der Waals surface area contributed by atoms with E-state index in [-0.39, 0.29) is 11.5 Å². The van der Waals surface area contributed by atoms with E-state index in [0.717, 1.165) is 11.4 Å². The predicted octanol–water partition coefficient (Wildman–Crippen LogP) is 12.7. The van der Waals surface area contributed by atoms with E-state index in [9.17, 15) is 0 Å². The van der Waals surface area contributed by atoms with E-state index in [4.69, 9.17) is 4.99 Å². The van der Waals surface area contributed by atoms with Crippen molar-refractivity contribution in [2.24, 2.45) is 4.99 Å². The van der Waals surface area contributed by atoms with Crippen molar-refractivity contribution >= 4 is 43.7 Å². The van der Waals surface area contributed by atoms with Crippen LogP contribution in [0.5, 0.6) is 0 Å². The topological polar surface area (TPSA) is 24.4 Å². The molecule has 0 spiro atoms. The van der Waals surface area contributed by atoms with Crippen molar-refractivity contribution in [3.05, 3.63) is 185 Å². The molecule has 2 heterocycles. The van der Waals surface area contributed by atoms with Gasteiger partial charge < -0.3 is 5.32 Å². The highest BCUT2D eigenvalue weighted by atomic mass is 32.1. The summed E-state index contributed by atoms with van der Waals surface area (Å²) in [6.45, 7) is 4.78. The van der Waals surface area contributed by atoms with Crippen molar-refractivity contribution in [1.82, 2.24) is 0 Å². The van der Waals surface area contributed by atoms with Crippen molar-refractivity contribution in [3.8, 4) is 33.4 Å². The molecule has 1 aromatic heterocycles. The van der Waals surface area contributed by atoms with Crippen LogP contribution in [0.1, 0.15) is 47.0 Å². The summed E-state index contributed by atoms with van der Waals surface area (Å²) in [5.41, 5.74) is 13.6. The molecular formula is C47H34N2S. The van der Waals surface area contributed by atoms with Crippen molar-refractivity contribution in [2.45, 2.75) is 25.3 Å². The smallest absolute Gasteiger partial charge is 0.133 e. The second-order valence-corrected chi connectivity index (χ2v) is 15.1. The maximum atomic E-state index is 5.55. The summed E-state index contributed by atoms with van der Waals surface area (Å²) in [7, 11) is 0. The Morgan fingerprint density at radius 2 is 1.28 bits per heavy atom. The number of hydrogen-bond acceptors (Lipinski definition) is 3. The molecule has 2 aliphatic rings. The van der Waals surface area contributed by atoms with Crippen LogP contribution in [0, 0.1) is 0 Å². The molecule has 0 amide bonds. The standard InChI is InChI=1S/C47H34N2S/c1-47(2)39-28-34(24-25-36(39)41-38(30-16-7-4-8-17-30)27-32-18-9-10-21-35(32)42(41)47)46-48-43(45-44(49-46)37-22-11-12-23-40(37)50-45)33-20-13-19-31(26-33)29-14-5-3-6-15-29/h3-28,43H,1-2H3,(H,48,49). The molecule has 0 radical (unpaired) electrons. The first-order valence-corrected chi connectivity index (χ1v) is 18.1. The quantitative estimate of drug-likeness (QED) is 0.200. The van der Waals surface area contributed by atoms with Crippen molar-refractivity contribution in [3.63, 3.8) is 0 Å². The van der Waals surface area contributed by atoms with Gasteiger partial charge in [-0.15, -0.1) is 11.3 Å². The van der Waals surface area contributed by atoms with Crippen molar-refractivity contribution in [2.75, 3.05) is 5.32 Å². The van der Waals surface area contributed by atoms with Gasteiger partial charge in [-0.3, -0.25) is 4.99 Å². The van der Waals surface area contributed by atoms with Gasteiger partial charge in [0.1, 0.15) is 11.9 Å². The van der Waals surface area contributed by atoms with Gasteiger partial charge in [-0.2, -0.15) is 0 Å². The molecule has 1 atom stereocenters. The zero-order chi connectivity index (χ0) is 33.4. The number of fused-ring (bicyclic) bond motifs is 8. The fraction of sp³-hybridized carbons (Fsp3) is 0.0851. The first kappa shape index (κ1) is 29.2. The third-order valence-electron chi connectivity index (χ3n) is 10.7. The van der Waals surface area contributed by atoms with Crippen LogP contribution >= 0.6 is 11.3 Å². The molecular weight excluding hydrogens is 625 g/mol. The first-order chi connectivity index (χ1) is 24.5. The molecule has 1 aliphatic carbocycles. The van der Waals surface area contributed by atoms with E-state index in [1.807, 2.05) is 11.3 Å². The number of rotatable bonds is 4. The molecule has 10 rings (SSSR count). The fourth-order valence-corrected chi connectivity index (χ4v) is 9.53. The molecule has 0 saturated carbocycles. The van der Waals surface area contributed by atoms with Crippen LogP contribution in [0.3, 0.4) is 0 Å². The number of thiophene rings is 1. The molecule has 0 fully saturated rings. The Bertz CT molecular complexity index is 2650. The fourth-order valence-electron chi connectivity index (χ4n) is 8.30. The molecule has 0 bridgehead atoms. The number of hydrogen-bond donors (Lipinski definition) is 1. The van der Waals surface area contributed by atoms with E-state index in [2.05, 4.69) is 177 Å². The number of nitrogens with zero attached hydrogens (tertiary/aromatic N) is 1. The average Bonchev–Trinajstić information content (AvgIpc) is 3.67. The van der Waals surface area contributed by atoms with Crippen LogP contribution in [0.25, 0.3) is 54.2 Å². The summed E-state index contributed by atoms with van der Waals surface area (Å²) in [5.74, 6) is 0.916. The van der Waals surface area contributed by atoms with Crippen molar-refractivity contribution in [1.29, 1.82) is 0 Å². The van der Waals surface area contributed by atoms with E-state index in [0.29, 0.717) is 0 Å². The molecule has 1 N–H and O–H groups in total. The minimum atomic E-state index is -0.204. The Morgan fingerprint density at radius 3 is 2.10 bits per heavy atom. The summed E-state index contributed by atoms with van der Waals surface area (Å²) in [6, 6.07) is 57.3. The Kier molecular flexibility index (Phi) is 6.49. The molecule has 3 heteroatoms.